The fourth-order valence-corrected chi connectivity index (χ4v) is 1.42. The number of hydrogen-bond acceptors (Lipinski definition) is 5. The summed E-state index contributed by atoms with van der Waals surface area (Å²) in [6.07, 6.45) is 4.15. The van der Waals surface area contributed by atoms with Crippen molar-refractivity contribution in [2.24, 2.45) is 0 Å². The zero-order valence-corrected chi connectivity index (χ0v) is 8.94. The van der Waals surface area contributed by atoms with Crippen molar-refractivity contribution in [3.05, 3.63) is 24.3 Å². The Kier molecular flexibility index (Phi) is 2.92. The highest BCUT2D eigenvalue weighted by atomic mass is 15.0. The summed E-state index contributed by atoms with van der Waals surface area (Å²) in [5.41, 5.74) is 1.13. The van der Waals surface area contributed by atoms with E-state index in [1.807, 2.05) is 6.07 Å². The van der Waals surface area contributed by atoms with Gasteiger partial charge in [-0.2, -0.15) is 5.26 Å². The standard InChI is InChI=1S/C11H11N5/c1-2-3-14-11-10-8(6-13-7-15-10)4-9(5-12)16-11/h4,6-7H,2-3H2,1H3,(H,14,16). The average molecular weight is 213 g/mol. The van der Waals surface area contributed by atoms with Gasteiger partial charge in [-0.15, -0.1) is 0 Å². The van der Waals surface area contributed by atoms with Crippen LogP contribution < -0.4 is 5.32 Å². The highest BCUT2D eigenvalue weighted by Gasteiger charge is 2.06. The Morgan fingerprint density at radius 1 is 1.50 bits per heavy atom. The second-order valence-electron chi connectivity index (χ2n) is 3.36. The van der Waals surface area contributed by atoms with Crippen molar-refractivity contribution >= 4 is 16.7 Å². The summed E-state index contributed by atoms with van der Waals surface area (Å²) in [5.74, 6) is 0.651. The molecule has 0 amide bonds. The summed E-state index contributed by atoms with van der Waals surface area (Å²) in [5, 5.41) is 12.9. The lowest BCUT2D eigenvalue weighted by Crippen LogP contribution is -2.04. The van der Waals surface area contributed by atoms with Gasteiger partial charge in [0.05, 0.1) is 0 Å². The first-order valence-corrected chi connectivity index (χ1v) is 5.10. The monoisotopic (exact) mass is 213 g/mol. The van der Waals surface area contributed by atoms with Gasteiger partial charge in [0, 0.05) is 18.1 Å². The Labute approximate surface area is 93.2 Å². The Bertz CT molecular complexity index is 544. The van der Waals surface area contributed by atoms with Crippen LogP contribution in [0.4, 0.5) is 5.82 Å². The third-order valence-corrected chi connectivity index (χ3v) is 2.15. The molecule has 0 spiro atoms. The maximum Gasteiger partial charge on any atom is 0.154 e. The van der Waals surface area contributed by atoms with E-state index in [1.165, 1.54) is 6.33 Å². The van der Waals surface area contributed by atoms with Gasteiger partial charge in [-0.1, -0.05) is 6.92 Å². The minimum Gasteiger partial charge on any atom is -0.368 e. The normalized spacial score (nSPS) is 10.0. The first kappa shape index (κ1) is 10.3. The van der Waals surface area contributed by atoms with Crippen molar-refractivity contribution in [2.45, 2.75) is 13.3 Å². The van der Waals surface area contributed by atoms with E-state index < -0.39 is 0 Å². The van der Waals surface area contributed by atoms with Crippen molar-refractivity contribution < 1.29 is 0 Å². The van der Waals surface area contributed by atoms with E-state index in [4.69, 9.17) is 5.26 Å². The molecule has 0 unspecified atom stereocenters. The van der Waals surface area contributed by atoms with Crippen LogP contribution in [-0.2, 0) is 0 Å². The zero-order chi connectivity index (χ0) is 11.4. The fraction of sp³-hybridized carbons (Fsp3) is 0.273. The summed E-state index contributed by atoms with van der Waals surface area (Å²) in [6, 6.07) is 3.72. The first-order chi connectivity index (χ1) is 7.85. The fourth-order valence-electron chi connectivity index (χ4n) is 1.42. The van der Waals surface area contributed by atoms with Crippen molar-refractivity contribution in [1.29, 1.82) is 5.26 Å². The van der Waals surface area contributed by atoms with Crippen LogP contribution in [0.25, 0.3) is 10.9 Å². The van der Waals surface area contributed by atoms with E-state index in [0.717, 1.165) is 23.9 Å². The highest BCUT2D eigenvalue weighted by Crippen LogP contribution is 2.18. The molecule has 0 radical (unpaired) electrons. The molecule has 0 aliphatic heterocycles. The van der Waals surface area contributed by atoms with Gasteiger partial charge in [-0.3, -0.25) is 0 Å². The molecule has 16 heavy (non-hydrogen) atoms. The number of nitrogens with one attached hydrogen (secondary N) is 1. The van der Waals surface area contributed by atoms with Crippen LogP contribution >= 0.6 is 0 Å². The molecule has 1 N–H and O–H groups in total. The maximum absolute atomic E-state index is 8.87. The van der Waals surface area contributed by atoms with Gasteiger partial charge in [-0.25, -0.2) is 15.0 Å². The molecule has 0 bridgehead atoms. The van der Waals surface area contributed by atoms with E-state index in [0.29, 0.717) is 11.5 Å². The second-order valence-corrected chi connectivity index (χ2v) is 3.36. The van der Waals surface area contributed by atoms with Gasteiger partial charge in [0.1, 0.15) is 23.6 Å². The Morgan fingerprint density at radius 3 is 3.12 bits per heavy atom. The SMILES string of the molecule is CCCNc1nc(C#N)cc2cncnc12. The van der Waals surface area contributed by atoms with Crippen LogP contribution in [0.1, 0.15) is 19.0 Å². The van der Waals surface area contributed by atoms with E-state index >= 15 is 0 Å². The molecule has 2 heterocycles. The molecule has 5 heteroatoms. The molecule has 2 aromatic heterocycles. The van der Waals surface area contributed by atoms with Crippen molar-refractivity contribution in [1.82, 2.24) is 15.0 Å². The van der Waals surface area contributed by atoms with Gasteiger partial charge < -0.3 is 5.32 Å². The zero-order valence-electron chi connectivity index (χ0n) is 8.94. The van der Waals surface area contributed by atoms with Gasteiger partial charge >= 0.3 is 0 Å². The third-order valence-electron chi connectivity index (χ3n) is 2.15. The van der Waals surface area contributed by atoms with E-state index in [-0.39, 0.29) is 0 Å². The van der Waals surface area contributed by atoms with Crippen molar-refractivity contribution in [3.8, 4) is 6.07 Å². The van der Waals surface area contributed by atoms with Crippen LogP contribution in [0, 0.1) is 11.3 Å². The number of anilines is 1. The Morgan fingerprint density at radius 2 is 2.38 bits per heavy atom. The molecule has 0 saturated heterocycles. The van der Waals surface area contributed by atoms with Gasteiger partial charge in [0.2, 0.25) is 0 Å². The Balaban J connectivity index is 2.55. The lowest BCUT2D eigenvalue weighted by Gasteiger charge is -2.06. The molecule has 0 fully saturated rings. The lowest BCUT2D eigenvalue weighted by atomic mass is 10.2. The molecule has 2 aromatic rings. The largest absolute Gasteiger partial charge is 0.368 e. The maximum atomic E-state index is 8.87. The summed E-state index contributed by atoms with van der Waals surface area (Å²) in [6.45, 7) is 2.87. The summed E-state index contributed by atoms with van der Waals surface area (Å²) >= 11 is 0. The van der Waals surface area contributed by atoms with Crippen LogP contribution in [-0.4, -0.2) is 21.5 Å². The quantitative estimate of drug-likeness (QED) is 0.840. The number of pyridine rings is 1. The molecule has 0 aliphatic rings. The molecule has 0 atom stereocenters. The van der Waals surface area contributed by atoms with E-state index in [9.17, 15) is 0 Å². The molecular weight excluding hydrogens is 202 g/mol. The summed E-state index contributed by atoms with van der Waals surface area (Å²) < 4.78 is 0. The third kappa shape index (κ3) is 1.91. The minimum atomic E-state index is 0.376. The minimum absolute atomic E-state index is 0.376. The van der Waals surface area contributed by atoms with Gasteiger partial charge in [0.25, 0.3) is 0 Å². The van der Waals surface area contributed by atoms with Crippen LogP contribution in [0.3, 0.4) is 0 Å². The molecule has 5 nitrogen and oxygen atoms in total. The lowest BCUT2D eigenvalue weighted by molar-refractivity contribution is 0.969. The molecular formula is C11H11N5. The average Bonchev–Trinajstić information content (AvgIpc) is 2.35. The molecule has 2 rings (SSSR count). The Hall–Kier alpha value is -2.22. The predicted octanol–water partition coefficient (Wildman–Crippen LogP) is 1.72. The molecule has 0 saturated carbocycles. The van der Waals surface area contributed by atoms with Crippen LogP contribution in [0.2, 0.25) is 0 Å². The summed E-state index contributed by atoms with van der Waals surface area (Å²) in [4.78, 5) is 12.3. The number of hydrogen-bond donors (Lipinski definition) is 1. The van der Waals surface area contributed by atoms with Crippen molar-refractivity contribution in [3.63, 3.8) is 0 Å². The van der Waals surface area contributed by atoms with E-state index in [1.54, 1.807) is 12.3 Å². The molecule has 80 valence electrons. The second kappa shape index (κ2) is 4.53. The molecule has 0 aromatic carbocycles. The predicted molar refractivity (Wildman–Crippen MR) is 60.8 cm³/mol. The highest BCUT2D eigenvalue weighted by molar-refractivity contribution is 5.88. The number of aromatic nitrogens is 3. The van der Waals surface area contributed by atoms with Crippen LogP contribution in [0.15, 0.2) is 18.6 Å². The number of fused-ring (bicyclic) bond motifs is 1. The number of nitriles is 1. The summed E-state index contributed by atoms with van der Waals surface area (Å²) in [7, 11) is 0. The topological polar surface area (TPSA) is 74.5 Å². The van der Waals surface area contributed by atoms with Gasteiger partial charge in [-0.05, 0) is 12.5 Å². The number of rotatable bonds is 3. The van der Waals surface area contributed by atoms with Crippen molar-refractivity contribution in [2.75, 3.05) is 11.9 Å². The van der Waals surface area contributed by atoms with Gasteiger partial charge in [0.15, 0.2) is 5.82 Å². The number of nitrogens with zero attached hydrogens (tertiary/aromatic N) is 4. The first-order valence-electron chi connectivity index (χ1n) is 5.10. The van der Waals surface area contributed by atoms with E-state index in [2.05, 4.69) is 27.2 Å². The van der Waals surface area contributed by atoms with Crippen LogP contribution in [0.5, 0.6) is 0 Å². The smallest absolute Gasteiger partial charge is 0.154 e. The molecule has 0 aliphatic carbocycles.